The molecular formula is C11H10BrClN4O. The predicted molar refractivity (Wildman–Crippen MR) is 74.4 cm³/mol. The Morgan fingerprint density at radius 2 is 2.33 bits per heavy atom. The van der Waals surface area contributed by atoms with Crippen LogP contribution in [0, 0.1) is 0 Å². The van der Waals surface area contributed by atoms with Gasteiger partial charge >= 0.3 is 0 Å². The Bertz CT molecular complexity index is 629. The zero-order valence-corrected chi connectivity index (χ0v) is 11.9. The van der Waals surface area contributed by atoms with E-state index in [-0.39, 0.29) is 10.8 Å². The number of aryl methyl sites for hydroxylation is 1. The number of nitrogens with zero attached hydrogens (tertiary/aromatic N) is 3. The Hall–Kier alpha value is -1.40. The molecule has 0 atom stereocenters. The minimum Gasteiger partial charge on any atom is -0.335 e. The highest BCUT2D eigenvalue weighted by Crippen LogP contribution is 2.22. The van der Waals surface area contributed by atoms with Crippen LogP contribution in [0.15, 0.2) is 33.8 Å². The van der Waals surface area contributed by atoms with Gasteiger partial charge in [-0.15, -0.1) is 0 Å². The van der Waals surface area contributed by atoms with Crippen molar-refractivity contribution in [2.24, 2.45) is 0 Å². The van der Waals surface area contributed by atoms with E-state index in [1.807, 2.05) is 6.92 Å². The maximum Gasteiger partial charge on any atom is 0.274 e. The lowest BCUT2D eigenvalue weighted by Crippen LogP contribution is -2.21. The Kier molecular flexibility index (Phi) is 3.98. The highest BCUT2D eigenvalue weighted by Gasteiger charge is 2.07. The van der Waals surface area contributed by atoms with E-state index in [1.165, 1.54) is 6.20 Å². The summed E-state index contributed by atoms with van der Waals surface area (Å²) in [5.74, 6) is 0.459. The number of hydrogen-bond donors (Lipinski definition) is 1. The summed E-state index contributed by atoms with van der Waals surface area (Å²) in [6.07, 6.45) is 3.26. The van der Waals surface area contributed by atoms with Crippen LogP contribution in [0.3, 0.4) is 0 Å². The minimum atomic E-state index is -0.110. The molecule has 0 aliphatic rings. The van der Waals surface area contributed by atoms with Crippen LogP contribution in [-0.2, 0) is 6.54 Å². The summed E-state index contributed by atoms with van der Waals surface area (Å²) < 4.78 is 2.23. The van der Waals surface area contributed by atoms with Crippen molar-refractivity contribution in [3.63, 3.8) is 0 Å². The van der Waals surface area contributed by atoms with Crippen LogP contribution in [0.2, 0.25) is 5.28 Å². The average molecular weight is 330 g/mol. The highest BCUT2D eigenvalue weighted by atomic mass is 79.9. The standard InChI is InChI=1S/C11H10BrClN4O/c1-2-17-5-3-4-8(10(17)18)15-9-7(12)6-14-11(13)16-9/h3-6H,2H2,1H3,(H,14,15,16). The molecule has 2 aromatic rings. The van der Waals surface area contributed by atoms with E-state index in [2.05, 4.69) is 31.2 Å². The highest BCUT2D eigenvalue weighted by molar-refractivity contribution is 9.10. The van der Waals surface area contributed by atoms with Gasteiger partial charge in [0.25, 0.3) is 5.56 Å². The van der Waals surface area contributed by atoms with Gasteiger partial charge in [-0.1, -0.05) is 0 Å². The van der Waals surface area contributed by atoms with Gasteiger partial charge in [0, 0.05) is 18.9 Å². The van der Waals surface area contributed by atoms with E-state index in [0.29, 0.717) is 22.5 Å². The first-order chi connectivity index (χ1) is 8.61. The number of halogens is 2. The maximum atomic E-state index is 12.0. The van der Waals surface area contributed by atoms with Crippen molar-refractivity contribution in [2.45, 2.75) is 13.5 Å². The van der Waals surface area contributed by atoms with Crippen molar-refractivity contribution in [1.82, 2.24) is 14.5 Å². The van der Waals surface area contributed by atoms with Gasteiger partial charge in [0.2, 0.25) is 5.28 Å². The third-order valence-corrected chi connectivity index (χ3v) is 3.09. The first-order valence-corrected chi connectivity index (χ1v) is 6.43. The van der Waals surface area contributed by atoms with Crippen molar-refractivity contribution in [3.05, 3.63) is 44.6 Å². The molecule has 0 amide bonds. The number of anilines is 2. The number of hydrogen-bond acceptors (Lipinski definition) is 4. The fourth-order valence-electron chi connectivity index (χ4n) is 1.44. The second kappa shape index (κ2) is 5.49. The molecule has 7 heteroatoms. The van der Waals surface area contributed by atoms with Crippen molar-refractivity contribution in [3.8, 4) is 0 Å². The first-order valence-electron chi connectivity index (χ1n) is 5.26. The van der Waals surface area contributed by atoms with Crippen molar-refractivity contribution >= 4 is 39.0 Å². The second-order valence-electron chi connectivity index (χ2n) is 3.47. The van der Waals surface area contributed by atoms with E-state index in [0.717, 1.165) is 0 Å². The van der Waals surface area contributed by atoms with Crippen molar-refractivity contribution in [1.29, 1.82) is 0 Å². The van der Waals surface area contributed by atoms with E-state index < -0.39 is 0 Å². The van der Waals surface area contributed by atoms with Crippen LogP contribution in [0.1, 0.15) is 6.92 Å². The maximum absolute atomic E-state index is 12.0. The monoisotopic (exact) mass is 328 g/mol. The molecule has 2 rings (SSSR count). The van der Waals surface area contributed by atoms with Gasteiger partial charge in [-0.2, -0.15) is 4.98 Å². The van der Waals surface area contributed by atoms with E-state index in [1.54, 1.807) is 22.9 Å². The first kappa shape index (κ1) is 13.0. The molecule has 0 unspecified atom stereocenters. The average Bonchev–Trinajstić information content (AvgIpc) is 2.36. The molecule has 0 aromatic carbocycles. The third kappa shape index (κ3) is 2.70. The summed E-state index contributed by atoms with van der Waals surface area (Å²) in [6.45, 7) is 2.52. The minimum absolute atomic E-state index is 0.110. The summed E-state index contributed by atoms with van der Waals surface area (Å²) in [5, 5.41) is 3.06. The largest absolute Gasteiger partial charge is 0.335 e. The lowest BCUT2D eigenvalue weighted by molar-refractivity contribution is 0.729. The predicted octanol–water partition coefficient (Wildman–Crippen LogP) is 2.82. The SMILES string of the molecule is CCn1cccc(Nc2nc(Cl)ncc2Br)c1=O. The summed E-state index contributed by atoms with van der Waals surface area (Å²) in [4.78, 5) is 19.8. The van der Waals surface area contributed by atoms with Crippen LogP contribution >= 0.6 is 27.5 Å². The normalized spacial score (nSPS) is 10.4. The van der Waals surface area contributed by atoms with Crippen LogP contribution in [0.4, 0.5) is 11.5 Å². The molecule has 0 saturated heterocycles. The molecule has 2 aromatic heterocycles. The molecular weight excluding hydrogens is 320 g/mol. The summed E-state index contributed by atoms with van der Waals surface area (Å²) in [5.41, 5.74) is 0.330. The van der Waals surface area contributed by atoms with Gasteiger partial charge in [-0.3, -0.25) is 4.79 Å². The fourth-order valence-corrected chi connectivity index (χ4v) is 1.87. The van der Waals surface area contributed by atoms with Crippen molar-refractivity contribution in [2.75, 3.05) is 5.32 Å². The molecule has 0 spiro atoms. The number of rotatable bonds is 3. The number of aromatic nitrogens is 3. The van der Waals surface area contributed by atoms with Gasteiger partial charge in [0.1, 0.15) is 11.5 Å². The van der Waals surface area contributed by atoms with Gasteiger partial charge in [0.15, 0.2) is 0 Å². The summed E-state index contributed by atoms with van der Waals surface area (Å²) >= 11 is 9.01. The molecule has 2 heterocycles. The quantitative estimate of drug-likeness (QED) is 0.880. The molecule has 0 bridgehead atoms. The molecule has 0 saturated carbocycles. The zero-order valence-electron chi connectivity index (χ0n) is 9.52. The molecule has 0 radical (unpaired) electrons. The molecule has 18 heavy (non-hydrogen) atoms. The van der Waals surface area contributed by atoms with Crippen LogP contribution in [0.25, 0.3) is 0 Å². The van der Waals surface area contributed by atoms with Gasteiger partial charge < -0.3 is 9.88 Å². The zero-order chi connectivity index (χ0) is 13.1. The van der Waals surface area contributed by atoms with Gasteiger partial charge in [-0.25, -0.2) is 4.98 Å². The Morgan fingerprint density at radius 1 is 1.56 bits per heavy atom. The smallest absolute Gasteiger partial charge is 0.274 e. The Morgan fingerprint density at radius 3 is 3.06 bits per heavy atom. The molecule has 5 nitrogen and oxygen atoms in total. The summed E-state index contributed by atoms with van der Waals surface area (Å²) in [7, 11) is 0. The molecule has 0 fully saturated rings. The molecule has 94 valence electrons. The third-order valence-electron chi connectivity index (χ3n) is 2.33. The summed E-state index contributed by atoms with van der Waals surface area (Å²) in [6, 6.07) is 3.49. The topological polar surface area (TPSA) is 59.8 Å². The number of pyridine rings is 1. The molecule has 0 aliphatic carbocycles. The van der Waals surface area contributed by atoms with E-state index in [4.69, 9.17) is 11.6 Å². The fraction of sp³-hybridized carbons (Fsp3) is 0.182. The number of nitrogens with one attached hydrogen (secondary N) is 1. The van der Waals surface area contributed by atoms with E-state index in [9.17, 15) is 4.79 Å². The van der Waals surface area contributed by atoms with Gasteiger partial charge in [-0.05, 0) is 46.6 Å². The molecule has 1 N–H and O–H groups in total. The van der Waals surface area contributed by atoms with Crippen LogP contribution < -0.4 is 10.9 Å². The van der Waals surface area contributed by atoms with Crippen LogP contribution in [0.5, 0.6) is 0 Å². The van der Waals surface area contributed by atoms with E-state index >= 15 is 0 Å². The Balaban J connectivity index is 2.40. The van der Waals surface area contributed by atoms with Crippen LogP contribution in [-0.4, -0.2) is 14.5 Å². The molecule has 0 aliphatic heterocycles. The van der Waals surface area contributed by atoms with Crippen molar-refractivity contribution < 1.29 is 0 Å². The Labute approximate surface area is 117 Å². The lowest BCUT2D eigenvalue weighted by Gasteiger charge is -2.08. The lowest BCUT2D eigenvalue weighted by atomic mass is 10.4. The van der Waals surface area contributed by atoms with Gasteiger partial charge in [0.05, 0.1) is 4.47 Å². The second-order valence-corrected chi connectivity index (χ2v) is 4.67.